The number of rotatable bonds is 3. The lowest BCUT2D eigenvalue weighted by molar-refractivity contribution is 0.478. The predicted molar refractivity (Wildman–Crippen MR) is 68.8 cm³/mol. The Kier molecular flexibility index (Phi) is 3.49. The number of hydrogen-bond donors (Lipinski definition) is 2. The number of aromatic hydroxyl groups is 1. The summed E-state index contributed by atoms with van der Waals surface area (Å²) in [5.41, 5.74) is 8.01. The largest absolute Gasteiger partial charge is 0.506 e. The van der Waals surface area contributed by atoms with Crippen LogP contribution >= 0.6 is 11.8 Å². The number of nitrogens with zero attached hydrogens (tertiary/aromatic N) is 2. The lowest BCUT2D eigenvalue weighted by atomic mass is 10.2. The number of aryl methyl sites for hydroxylation is 1. The molecule has 17 heavy (non-hydrogen) atoms. The molecule has 0 amide bonds. The lowest BCUT2D eigenvalue weighted by Crippen LogP contribution is -1.91. The van der Waals surface area contributed by atoms with E-state index in [4.69, 9.17) is 5.73 Å². The summed E-state index contributed by atoms with van der Waals surface area (Å²) in [6, 6.07) is 7.07. The Bertz CT molecular complexity index is 531. The second-order valence-electron chi connectivity index (χ2n) is 3.66. The standard InChI is InChI=1S/C12H13N3OS/c1-8-4-5-14-12(15-8)17-7-9-2-3-11(16)10(13)6-9/h2-6,16H,7,13H2,1H3. The Hall–Kier alpha value is -1.75. The molecule has 0 spiro atoms. The zero-order valence-electron chi connectivity index (χ0n) is 9.42. The van der Waals surface area contributed by atoms with E-state index in [1.54, 1.807) is 30.1 Å². The molecule has 0 saturated heterocycles. The quantitative estimate of drug-likeness (QED) is 0.377. The number of nitrogens with two attached hydrogens (primary N) is 1. The van der Waals surface area contributed by atoms with Crippen molar-refractivity contribution in [3.05, 3.63) is 41.7 Å². The van der Waals surface area contributed by atoms with Crippen LogP contribution in [0.3, 0.4) is 0 Å². The Balaban J connectivity index is 2.05. The maximum absolute atomic E-state index is 9.31. The van der Waals surface area contributed by atoms with E-state index < -0.39 is 0 Å². The number of thioether (sulfide) groups is 1. The van der Waals surface area contributed by atoms with Crippen LogP contribution in [0.1, 0.15) is 11.3 Å². The fourth-order valence-corrected chi connectivity index (χ4v) is 2.16. The third-order valence-electron chi connectivity index (χ3n) is 2.23. The number of nitrogen functional groups attached to an aromatic ring is 1. The number of benzene rings is 1. The second-order valence-corrected chi connectivity index (χ2v) is 4.60. The van der Waals surface area contributed by atoms with Gasteiger partial charge in [0.05, 0.1) is 5.69 Å². The van der Waals surface area contributed by atoms with Crippen LogP contribution in [-0.4, -0.2) is 15.1 Å². The monoisotopic (exact) mass is 247 g/mol. The van der Waals surface area contributed by atoms with Crippen LogP contribution in [0.5, 0.6) is 5.75 Å². The van der Waals surface area contributed by atoms with Gasteiger partial charge in [-0.1, -0.05) is 17.8 Å². The van der Waals surface area contributed by atoms with Gasteiger partial charge in [0.1, 0.15) is 5.75 Å². The highest BCUT2D eigenvalue weighted by Crippen LogP contribution is 2.25. The molecule has 1 aromatic heterocycles. The maximum Gasteiger partial charge on any atom is 0.188 e. The lowest BCUT2D eigenvalue weighted by Gasteiger charge is -2.04. The zero-order chi connectivity index (χ0) is 12.3. The van der Waals surface area contributed by atoms with Crippen LogP contribution in [0, 0.1) is 6.92 Å². The van der Waals surface area contributed by atoms with Crippen molar-refractivity contribution in [1.29, 1.82) is 0 Å². The molecular formula is C12H13N3OS. The minimum Gasteiger partial charge on any atom is -0.506 e. The molecule has 2 rings (SSSR count). The average Bonchev–Trinajstić information content (AvgIpc) is 2.31. The fourth-order valence-electron chi connectivity index (χ4n) is 1.34. The molecule has 88 valence electrons. The highest BCUT2D eigenvalue weighted by Gasteiger charge is 2.02. The summed E-state index contributed by atoms with van der Waals surface area (Å²) in [7, 11) is 0. The minimum atomic E-state index is 0.116. The highest BCUT2D eigenvalue weighted by atomic mass is 32.2. The van der Waals surface area contributed by atoms with Crippen molar-refractivity contribution in [1.82, 2.24) is 9.97 Å². The van der Waals surface area contributed by atoms with Gasteiger partial charge in [-0.05, 0) is 30.7 Å². The van der Waals surface area contributed by atoms with Gasteiger partial charge in [0.15, 0.2) is 5.16 Å². The van der Waals surface area contributed by atoms with Gasteiger partial charge in [-0.25, -0.2) is 9.97 Å². The molecule has 0 fully saturated rings. The van der Waals surface area contributed by atoms with E-state index in [1.807, 2.05) is 19.1 Å². The number of hydrogen-bond acceptors (Lipinski definition) is 5. The van der Waals surface area contributed by atoms with Gasteiger partial charge in [-0.2, -0.15) is 0 Å². The van der Waals surface area contributed by atoms with Gasteiger partial charge < -0.3 is 10.8 Å². The van der Waals surface area contributed by atoms with Crippen molar-refractivity contribution in [2.24, 2.45) is 0 Å². The Morgan fingerprint density at radius 1 is 1.35 bits per heavy atom. The molecule has 1 heterocycles. The summed E-state index contributed by atoms with van der Waals surface area (Å²) in [5, 5.41) is 10.1. The zero-order valence-corrected chi connectivity index (χ0v) is 10.2. The van der Waals surface area contributed by atoms with Crippen LogP contribution in [0.4, 0.5) is 5.69 Å². The van der Waals surface area contributed by atoms with Crippen molar-refractivity contribution in [2.75, 3.05) is 5.73 Å². The van der Waals surface area contributed by atoms with Gasteiger partial charge in [-0.3, -0.25) is 0 Å². The van der Waals surface area contributed by atoms with E-state index in [0.29, 0.717) is 5.69 Å². The number of phenols is 1. The molecule has 0 aliphatic carbocycles. The van der Waals surface area contributed by atoms with Gasteiger partial charge in [0.2, 0.25) is 0 Å². The first-order chi connectivity index (χ1) is 8.15. The fraction of sp³-hybridized carbons (Fsp3) is 0.167. The minimum absolute atomic E-state index is 0.116. The summed E-state index contributed by atoms with van der Waals surface area (Å²) in [4.78, 5) is 8.47. The topological polar surface area (TPSA) is 72.0 Å². The summed E-state index contributed by atoms with van der Waals surface area (Å²) in [6.07, 6.45) is 1.75. The normalized spacial score (nSPS) is 10.4. The van der Waals surface area contributed by atoms with Crippen LogP contribution < -0.4 is 5.73 Å². The Labute approximate surface area is 104 Å². The first-order valence-electron chi connectivity index (χ1n) is 5.15. The predicted octanol–water partition coefficient (Wildman–Crippen LogP) is 2.37. The molecule has 0 aliphatic heterocycles. The molecule has 3 N–H and O–H groups in total. The van der Waals surface area contributed by atoms with E-state index >= 15 is 0 Å². The highest BCUT2D eigenvalue weighted by molar-refractivity contribution is 7.98. The van der Waals surface area contributed by atoms with Gasteiger partial charge in [0, 0.05) is 17.6 Å². The molecular weight excluding hydrogens is 234 g/mol. The SMILES string of the molecule is Cc1ccnc(SCc2ccc(O)c(N)c2)n1. The summed E-state index contributed by atoms with van der Waals surface area (Å²) in [5.74, 6) is 0.846. The van der Waals surface area contributed by atoms with Gasteiger partial charge >= 0.3 is 0 Å². The third-order valence-corrected chi connectivity index (χ3v) is 3.17. The second kappa shape index (κ2) is 5.05. The summed E-state index contributed by atoms with van der Waals surface area (Å²) < 4.78 is 0. The molecule has 0 aliphatic rings. The summed E-state index contributed by atoms with van der Waals surface area (Å²) in [6.45, 7) is 1.93. The molecule has 0 saturated carbocycles. The van der Waals surface area contributed by atoms with Crippen molar-refractivity contribution >= 4 is 17.4 Å². The first kappa shape index (κ1) is 11.7. The van der Waals surface area contributed by atoms with Gasteiger partial charge in [-0.15, -0.1) is 0 Å². The number of phenolic OH excluding ortho intramolecular Hbond substituents is 1. The molecule has 0 atom stereocenters. The van der Waals surface area contributed by atoms with E-state index in [1.165, 1.54) is 0 Å². The number of anilines is 1. The first-order valence-corrected chi connectivity index (χ1v) is 6.13. The molecule has 0 unspecified atom stereocenters. The third kappa shape index (κ3) is 3.10. The molecule has 4 nitrogen and oxygen atoms in total. The maximum atomic E-state index is 9.31. The Morgan fingerprint density at radius 3 is 2.88 bits per heavy atom. The smallest absolute Gasteiger partial charge is 0.188 e. The van der Waals surface area contributed by atoms with Crippen molar-refractivity contribution < 1.29 is 5.11 Å². The average molecular weight is 247 g/mol. The van der Waals surface area contributed by atoms with Crippen LogP contribution in [0.2, 0.25) is 0 Å². The van der Waals surface area contributed by atoms with Crippen LogP contribution in [0.25, 0.3) is 0 Å². The van der Waals surface area contributed by atoms with E-state index in [0.717, 1.165) is 22.2 Å². The molecule has 5 heteroatoms. The molecule has 0 bridgehead atoms. The number of aromatic nitrogens is 2. The van der Waals surface area contributed by atoms with E-state index in [2.05, 4.69) is 9.97 Å². The van der Waals surface area contributed by atoms with Crippen molar-refractivity contribution in [2.45, 2.75) is 17.8 Å². The van der Waals surface area contributed by atoms with Crippen molar-refractivity contribution in [3.63, 3.8) is 0 Å². The van der Waals surface area contributed by atoms with Crippen molar-refractivity contribution in [3.8, 4) is 5.75 Å². The van der Waals surface area contributed by atoms with Gasteiger partial charge in [0.25, 0.3) is 0 Å². The Morgan fingerprint density at radius 2 is 2.18 bits per heavy atom. The molecule has 1 aromatic carbocycles. The molecule has 2 aromatic rings. The summed E-state index contributed by atoms with van der Waals surface area (Å²) >= 11 is 1.54. The van der Waals surface area contributed by atoms with E-state index in [9.17, 15) is 5.11 Å². The van der Waals surface area contributed by atoms with E-state index in [-0.39, 0.29) is 5.75 Å². The molecule has 0 radical (unpaired) electrons. The van der Waals surface area contributed by atoms with Crippen LogP contribution in [-0.2, 0) is 5.75 Å². The van der Waals surface area contributed by atoms with Crippen LogP contribution in [0.15, 0.2) is 35.6 Å².